The number of allylic oxidation sites excluding steroid dienone is 14. The minimum atomic E-state index is -4.74. The first kappa shape index (κ1) is 55.7. The first-order valence-corrected chi connectivity index (χ1v) is 23.6. The van der Waals surface area contributed by atoms with Gasteiger partial charge in [-0.2, -0.15) is 0 Å². The Bertz CT molecular complexity index is 1320. The standard InChI is InChI=1S/C47H78NO10P/c1-3-5-7-9-11-13-15-17-19-21-23-24-26-28-30-32-34-36-38-45(49)55-40-43(41-56-59(53,54)57-42-44(48)47(51)52)58-46(50)39-37-35-33-31-29-27-25-22-20-18-16-14-12-10-8-6-4-2/h6,8,12-15,18-21,25,27,31,33,43-44H,3-5,7,9-11,16-17,22-24,26,28-30,32,34-42,48H2,1-2H3,(H,51,52)(H,53,54)/b8-6-,14-12-,15-13-,20-18-,21-19-,27-25-,33-31-. The molecule has 0 rings (SSSR count). The van der Waals surface area contributed by atoms with Gasteiger partial charge in [0.25, 0.3) is 0 Å². The number of phosphoric acid groups is 1. The zero-order chi connectivity index (χ0) is 43.5. The Kier molecular flexibility index (Phi) is 39.1. The molecule has 0 saturated carbocycles. The number of aliphatic carboxylic acids is 1. The van der Waals surface area contributed by atoms with Crippen molar-refractivity contribution in [2.75, 3.05) is 19.8 Å². The molecule has 0 aromatic heterocycles. The molecule has 0 heterocycles. The summed E-state index contributed by atoms with van der Waals surface area (Å²) in [5, 5.41) is 8.89. The number of hydrogen-bond acceptors (Lipinski definition) is 9. The molecule has 59 heavy (non-hydrogen) atoms. The first-order chi connectivity index (χ1) is 28.6. The third kappa shape index (κ3) is 41.2. The molecule has 3 atom stereocenters. The lowest BCUT2D eigenvalue weighted by molar-refractivity contribution is -0.161. The van der Waals surface area contributed by atoms with Crippen molar-refractivity contribution in [2.45, 2.75) is 174 Å². The number of carbonyl (C=O) groups is 3. The number of carboxylic acid groups (broad SMARTS) is 1. The molecule has 0 aromatic carbocycles. The SMILES string of the molecule is CC/C=C\C/C=C\C/C=C\C/C=C\C/C=C\CCCC(=O)OC(COC(=O)CCCCCCCCC/C=C\C/C=C\CCCCCC)COP(=O)(O)OCC(N)C(=O)O. The zero-order valence-corrected chi connectivity index (χ0v) is 37.2. The molecule has 0 amide bonds. The van der Waals surface area contributed by atoms with E-state index in [4.69, 9.17) is 24.8 Å². The Hall–Kier alpha value is -3.34. The molecule has 0 radical (unpaired) electrons. The summed E-state index contributed by atoms with van der Waals surface area (Å²) >= 11 is 0. The van der Waals surface area contributed by atoms with Crippen molar-refractivity contribution in [3.05, 3.63) is 85.1 Å². The number of carbonyl (C=O) groups excluding carboxylic acids is 2. The van der Waals surface area contributed by atoms with E-state index in [0.29, 0.717) is 19.3 Å². The molecule has 0 aliphatic heterocycles. The Morgan fingerprint density at radius 2 is 0.966 bits per heavy atom. The van der Waals surface area contributed by atoms with Gasteiger partial charge in [0.2, 0.25) is 0 Å². The molecule has 0 saturated heterocycles. The number of phosphoric ester groups is 1. The number of nitrogens with two attached hydrogens (primary N) is 1. The zero-order valence-electron chi connectivity index (χ0n) is 36.3. The second-order valence-corrected chi connectivity index (χ2v) is 15.9. The molecule has 0 aromatic rings. The summed E-state index contributed by atoms with van der Waals surface area (Å²) in [5.41, 5.74) is 5.33. The largest absolute Gasteiger partial charge is 0.480 e. The van der Waals surface area contributed by atoms with E-state index in [1.165, 1.54) is 44.9 Å². The fraction of sp³-hybridized carbons (Fsp3) is 0.638. The van der Waals surface area contributed by atoms with E-state index in [-0.39, 0.29) is 19.4 Å². The Morgan fingerprint density at radius 3 is 1.47 bits per heavy atom. The van der Waals surface area contributed by atoms with E-state index in [1.807, 2.05) is 12.2 Å². The molecule has 3 unspecified atom stereocenters. The van der Waals surface area contributed by atoms with E-state index < -0.39 is 51.1 Å². The lowest BCUT2D eigenvalue weighted by atomic mass is 10.1. The van der Waals surface area contributed by atoms with Gasteiger partial charge in [-0.15, -0.1) is 0 Å². The highest BCUT2D eigenvalue weighted by Crippen LogP contribution is 2.43. The van der Waals surface area contributed by atoms with Crippen molar-refractivity contribution >= 4 is 25.7 Å². The van der Waals surface area contributed by atoms with Crippen molar-refractivity contribution < 1.29 is 47.5 Å². The van der Waals surface area contributed by atoms with Crippen LogP contribution in [0.2, 0.25) is 0 Å². The van der Waals surface area contributed by atoms with Gasteiger partial charge in [-0.3, -0.25) is 23.4 Å². The van der Waals surface area contributed by atoms with Crippen molar-refractivity contribution in [1.82, 2.24) is 0 Å². The van der Waals surface area contributed by atoms with E-state index in [2.05, 4.69) is 91.3 Å². The minimum Gasteiger partial charge on any atom is -0.480 e. The Labute approximate surface area is 356 Å². The third-order valence-electron chi connectivity index (χ3n) is 8.88. The molecule has 336 valence electrons. The molecule has 12 heteroatoms. The summed E-state index contributed by atoms with van der Waals surface area (Å²) in [4.78, 5) is 46.0. The van der Waals surface area contributed by atoms with E-state index in [1.54, 1.807) is 0 Å². The van der Waals surface area contributed by atoms with Crippen LogP contribution in [0.3, 0.4) is 0 Å². The number of hydrogen-bond donors (Lipinski definition) is 3. The van der Waals surface area contributed by atoms with Crippen LogP contribution in [0.1, 0.15) is 162 Å². The van der Waals surface area contributed by atoms with Crippen LogP contribution < -0.4 is 5.73 Å². The summed E-state index contributed by atoms with van der Waals surface area (Å²) in [5.74, 6) is -2.47. The van der Waals surface area contributed by atoms with Crippen LogP contribution in [0.4, 0.5) is 0 Å². The third-order valence-corrected chi connectivity index (χ3v) is 9.83. The molecule has 0 spiro atoms. The van der Waals surface area contributed by atoms with Crippen LogP contribution in [0.25, 0.3) is 0 Å². The highest BCUT2D eigenvalue weighted by atomic mass is 31.2. The highest BCUT2D eigenvalue weighted by Gasteiger charge is 2.28. The first-order valence-electron chi connectivity index (χ1n) is 22.1. The summed E-state index contributed by atoms with van der Waals surface area (Å²) in [7, 11) is -4.74. The highest BCUT2D eigenvalue weighted by molar-refractivity contribution is 7.47. The summed E-state index contributed by atoms with van der Waals surface area (Å²) in [6.45, 7) is 2.59. The topological polar surface area (TPSA) is 172 Å². The number of esters is 2. The van der Waals surface area contributed by atoms with Crippen LogP contribution in [0.5, 0.6) is 0 Å². The van der Waals surface area contributed by atoms with Gasteiger partial charge in [0, 0.05) is 12.8 Å². The number of carboxylic acids is 1. The van der Waals surface area contributed by atoms with Gasteiger partial charge in [-0.1, -0.05) is 150 Å². The predicted molar refractivity (Wildman–Crippen MR) is 240 cm³/mol. The minimum absolute atomic E-state index is 0.0765. The fourth-order valence-corrected chi connectivity index (χ4v) is 6.20. The van der Waals surface area contributed by atoms with E-state index >= 15 is 0 Å². The maximum absolute atomic E-state index is 12.6. The molecule has 0 aliphatic carbocycles. The van der Waals surface area contributed by atoms with Gasteiger partial charge in [0.05, 0.1) is 13.2 Å². The summed E-state index contributed by atoms with van der Waals surface area (Å²) in [6, 6.07) is -1.54. The van der Waals surface area contributed by atoms with Crippen LogP contribution in [-0.2, 0) is 37.5 Å². The second-order valence-electron chi connectivity index (χ2n) is 14.4. The smallest absolute Gasteiger partial charge is 0.472 e. The van der Waals surface area contributed by atoms with Crippen LogP contribution in [0.15, 0.2) is 85.1 Å². The van der Waals surface area contributed by atoms with Crippen molar-refractivity contribution in [1.29, 1.82) is 0 Å². The monoisotopic (exact) mass is 848 g/mol. The van der Waals surface area contributed by atoms with Gasteiger partial charge in [-0.05, 0) is 83.5 Å². The summed E-state index contributed by atoms with van der Waals surface area (Å²) < 4.78 is 32.6. The van der Waals surface area contributed by atoms with Gasteiger partial charge >= 0.3 is 25.7 Å². The fourth-order valence-electron chi connectivity index (χ4n) is 5.42. The molecule has 0 fully saturated rings. The van der Waals surface area contributed by atoms with Gasteiger partial charge in [-0.25, -0.2) is 4.57 Å². The van der Waals surface area contributed by atoms with Crippen molar-refractivity contribution in [2.24, 2.45) is 5.73 Å². The van der Waals surface area contributed by atoms with Gasteiger partial charge < -0.3 is 25.2 Å². The lowest BCUT2D eigenvalue weighted by Crippen LogP contribution is -2.34. The molecule has 4 N–H and O–H groups in total. The number of ether oxygens (including phenoxy) is 2. The number of unbranched alkanes of at least 4 members (excludes halogenated alkanes) is 12. The van der Waals surface area contributed by atoms with E-state index in [0.717, 1.165) is 70.6 Å². The van der Waals surface area contributed by atoms with Gasteiger partial charge in [0.15, 0.2) is 6.10 Å². The van der Waals surface area contributed by atoms with Crippen LogP contribution in [0, 0.1) is 0 Å². The maximum atomic E-state index is 12.6. The van der Waals surface area contributed by atoms with E-state index in [9.17, 15) is 23.8 Å². The van der Waals surface area contributed by atoms with Crippen molar-refractivity contribution in [3.8, 4) is 0 Å². The lowest BCUT2D eigenvalue weighted by Gasteiger charge is -2.20. The normalized spacial score (nSPS) is 14.5. The van der Waals surface area contributed by atoms with Crippen LogP contribution >= 0.6 is 7.82 Å². The second kappa shape index (κ2) is 41.4. The van der Waals surface area contributed by atoms with Crippen LogP contribution in [-0.4, -0.2) is 59.9 Å². The maximum Gasteiger partial charge on any atom is 0.472 e. The molecule has 11 nitrogen and oxygen atoms in total. The quantitative estimate of drug-likeness (QED) is 0.0232. The number of rotatable bonds is 40. The molecule has 0 bridgehead atoms. The molecular weight excluding hydrogens is 769 g/mol. The average Bonchev–Trinajstić information content (AvgIpc) is 3.21. The Balaban J connectivity index is 4.47. The average molecular weight is 848 g/mol. The molecule has 0 aliphatic rings. The van der Waals surface area contributed by atoms with Crippen molar-refractivity contribution in [3.63, 3.8) is 0 Å². The molecular formula is C47H78NO10P. The Morgan fingerprint density at radius 1 is 0.542 bits per heavy atom. The van der Waals surface area contributed by atoms with Gasteiger partial charge in [0.1, 0.15) is 12.6 Å². The summed E-state index contributed by atoms with van der Waals surface area (Å²) in [6.07, 6.45) is 50.8. The predicted octanol–water partition coefficient (Wildman–Crippen LogP) is 11.9.